The molecule has 78 valence electrons. The lowest BCUT2D eigenvalue weighted by molar-refractivity contribution is 0.0963. The molecule has 0 unspecified atom stereocenters. The van der Waals surface area contributed by atoms with Crippen LogP contribution in [0.25, 0.3) is 0 Å². The molecular formula is C8H14N4O2. The number of hydrogen-bond donors (Lipinski definition) is 2. The van der Waals surface area contributed by atoms with Gasteiger partial charge in [-0.1, -0.05) is 20.8 Å². The van der Waals surface area contributed by atoms with Gasteiger partial charge in [0.2, 0.25) is 5.89 Å². The molecule has 1 rings (SSSR count). The maximum Gasteiger partial charge on any atom is 0.306 e. The first-order valence-electron chi connectivity index (χ1n) is 4.21. The van der Waals surface area contributed by atoms with Crippen LogP contribution in [-0.2, 0) is 0 Å². The quantitative estimate of drug-likeness (QED) is 0.706. The molecule has 1 aromatic rings. The smallest absolute Gasteiger partial charge is 0.306 e. The number of aromatic nitrogens is 2. The summed E-state index contributed by atoms with van der Waals surface area (Å²) < 4.78 is 5.01. The van der Waals surface area contributed by atoms with E-state index in [9.17, 15) is 4.79 Å². The SMILES string of the molecule is CC(C)(C)[C@H](N)c1nnc(C(N)=O)o1. The van der Waals surface area contributed by atoms with Gasteiger partial charge in [0.05, 0.1) is 6.04 Å². The molecule has 0 fully saturated rings. The molecule has 0 bridgehead atoms. The second kappa shape index (κ2) is 3.38. The highest BCUT2D eigenvalue weighted by atomic mass is 16.4. The summed E-state index contributed by atoms with van der Waals surface area (Å²) in [6.45, 7) is 5.81. The van der Waals surface area contributed by atoms with Crippen molar-refractivity contribution in [3.63, 3.8) is 0 Å². The van der Waals surface area contributed by atoms with Gasteiger partial charge in [-0.3, -0.25) is 4.79 Å². The highest BCUT2D eigenvalue weighted by Gasteiger charge is 2.27. The van der Waals surface area contributed by atoms with Gasteiger partial charge in [-0.15, -0.1) is 10.2 Å². The minimum absolute atomic E-state index is 0.207. The summed E-state index contributed by atoms with van der Waals surface area (Å²) in [6, 6.07) is -0.414. The minimum atomic E-state index is -0.746. The van der Waals surface area contributed by atoms with Gasteiger partial charge in [0, 0.05) is 0 Å². The second-order valence-electron chi connectivity index (χ2n) is 4.15. The van der Waals surface area contributed by atoms with Crippen LogP contribution in [0.15, 0.2) is 4.42 Å². The summed E-state index contributed by atoms with van der Waals surface area (Å²) in [5.41, 5.74) is 10.6. The third-order valence-electron chi connectivity index (χ3n) is 1.85. The molecule has 1 atom stereocenters. The van der Waals surface area contributed by atoms with E-state index in [0.717, 1.165) is 0 Å². The highest BCUT2D eigenvalue weighted by Crippen LogP contribution is 2.29. The molecule has 0 spiro atoms. The van der Waals surface area contributed by atoms with Gasteiger partial charge >= 0.3 is 11.8 Å². The lowest BCUT2D eigenvalue weighted by Gasteiger charge is -2.23. The Morgan fingerprint density at radius 1 is 1.43 bits per heavy atom. The largest absolute Gasteiger partial charge is 0.415 e. The molecule has 0 aliphatic rings. The molecule has 0 aliphatic carbocycles. The lowest BCUT2D eigenvalue weighted by Crippen LogP contribution is -2.26. The van der Waals surface area contributed by atoms with Crippen LogP contribution in [0, 0.1) is 5.41 Å². The third-order valence-corrected chi connectivity index (χ3v) is 1.85. The number of nitrogens with zero attached hydrogens (tertiary/aromatic N) is 2. The van der Waals surface area contributed by atoms with E-state index in [1.165, 1.54) is 0 Å². The molecule has 1 heterocycles. The van der Waals surface area contributed by atoms with E-state index in [1.54, 1.807) is 0 Å². The summed E-state index contributed by atoms with van der Waals surface area (Å²) in [6.07, 6.45) is 0. The fraction of sp³-hybridized carbons (Fsp3) is 0.625. The molecule has 0 aromatic carbocycles. The Balaban J connectivity index is 2.92. The summed E-state index contributed by atoms with van der Waals surface area (Å²) in [5, 5.41) is 7.14. The monoisotopic (exact) mass is 198 g/mol. The predicted octanol–water partition coefficient (Wildman–Crippen LogP) is 0.214. The number of amides is 1. The fourth-order valence-corrected chi connectivity index (χ4v) is 0.830. The molecule has 0 radical (unpaired) electrons. The number of rotatable bonds is 2. The molecule has 1 amide bonds. The lowest BCUT2D eigenvalue weighted by atomic mass is 9.87. The first-order valence-corrected chi connectivity index (χ1v) is 4.21. The highest BCUT2D eigenvalue weighted by molar-refractivity contribution is 5.87. The Hall–Kier alpha value is -1.43. The van der Waals surface area contributed by atoms with Crippen LogP contribution < -0.4 is 11.5 Å². The summed E-state index contributed by atoms with van der Waals surface area (Å²) in [7, 11) is 0. The van der Waals surface area contributed by atoms with Crippen molar-refractivity contribution in [1.82, 2.24) is 10.2 Å². The third kappa shape index (κ3) is 2.08. The van der Waals surface area contributed by atoms with Crippen LogP contribution in [0.5, 0.6) is 0 Å². The van der Waals surface area contributed by atoms with Gasteiger partial charge in [-0.05, 0) is 5.41 Å². The molecule has 4 N–H and O–H groups in total. The van der Waals surface area contributed by atoms with Crippen LogP contribution in [0.3, 0.4) is 0 Å². The summed E-state index contributed by atoms with van der Waals surface area (Å²) >= 11 is 0. The molecular weight excluding hydrogens is 184 g/mol. The van der Waals surface area contributed by atoms with Crippen molar-refractivity contribution in [2.75, 3.05) is 0 Å². The zero-order chi connectivity index (χ0) is 10.9. The van der Waals surface area contributed by atoms with Gasteiger partial charge in [-0.2, -0.15) is 0 Å². The molecule has 14 heavy (non-hydrogen) atoms. The van der Waals surface area contributed by atoms with Crippen molar-refractivity contribution in [1.29, 1.82) is 0 Å². The topological polar surface area (TPSA) is 108 Å². The Morgan fingerprint density at radius 3 is 2.36 bits per heavy atom. The molecule has 0 saturated carbocycles. The number of carbonyl (C=O) groups excluding carboxylic acids is 1. The molecule has 0 aliphatic heterocycles. The Kier molecular flexibility index (Phi) is 2.57. The standard InChI is InChI=1S/C8H14N4O2/c1-8(2,3)4(9)6-11-12-7(14-6)5(10)13/h4H,9H2,1-3H3,(H2,10,13)/t4-/m1/s1. The van der Waals surface area contributed by atoms with Crippen molar-refractivity contribution < 1.29 is 9.21 Å². The molecule has 6 nitrogen and oxygen atoms in total. The zero-order valence-corrected chi connectivity index (χ0v) is 8.44. The van der Waals surface area contributed by atoms with E-state index in [4.69, 9.17) is 15.9 Å². The number of hydrogen-bond acceptors (Lipinski definition) is 5. The van der Waals surface area contributed by atoms with Gasteiger partial charge in [0.25, 0.3) is 0 Å². The predicted molar refractivity (Wildman–Crippen MR) is 49.2 cm³/mol. The number of carbonyl (C=O) groups is 1. The number of primary amides is 1. The molecule has 6 heteroatoms. The summed E-state index contributed by atoms with van der Waals surface area (Å²) in [4.78, 5) is 10.7. The maximum atomic E-state index is 10.7. The van der Waals surface area contributed by atoms with Crippen LogP contribution in [0.4, 0.5) is 0 Å². The van der Waals surface area contributed by atoms with Crippen LogP contribution in [0.1, 0.15) is 43.4 Å². The van der Waals surface area contributed by atoms with E-state index in [2.05, 4.69) is 10.2 Å². The maximum absolute atomic E-state index is 10.7. The van der Waals surface area contributed by atoms with Crippen LogP contribution in [-0.4, -0.2) is 16.1 Å². The zero-order valence-electron chi connectivity index (χ0n) is 8.44. The van der Waals surface area contributed by atoms with Crippen molar-refractivity contribution in [2.24, 2.45) is 16.9 Å². The second-order valence-corrected chi connectivity index (χ2v) is 4.15. The number of nitrogens with two attached hydrogens (primary N) is 2. The average Bonchev–Trinajstić information content (AvgIpc) is 2.48. The first-order chi connectivity index (χ1) is 6.32. The Labute approximate surface area is 81.7 Å². The van der Waals surface area contributed by atoms with Crippen LogP contribution in [0.2, 0.25) is 0 Å². The van der Waals surface area contributed by atoms with Crippen molar-refractivity contribution in [2.45, 2.75) is 26.8 Å². The Morgan fingerprint density at radius 2 is 2.00 bits per heavy atom. The van der Waals surface area contributed by atoms with E-state index in [1.807, 2.05) is 20.8 Å². The fourth-order valence-electron chi connectivity index (χ4n) is 0.830. The van der Waals surface area contributed by atoms with Crippen molar-refractivity contribution in [3.8, 4) is 0 Å². The molecule has 1 aromatic heterocycles. The van der Waals surface area contributed by atoms with E-state index in [0.29, 0.717) is 0 Å². The van der Waals surface area contributed by atoms with Crippen LogP contribution >= 0.6 is 0 Å². The van der Waals surface area contributed by atoms with Gasteiger partial charge in [0.15, 0.2) is 0 Å². The minimum Gasteiger partial charge on any atom is -0.415 e. The van der Waals surface area contributed by atoms with E-state index < -0.39 is 11.9 Å². The van der Waals surface area contributed by atoms with Gasteiger partial charge in [-0.25, -0.2) is 0 Å². The average molecular weight is 198 g/mol. The van der Waals surface area contributed by atoms with Crippen molar-refractivity contribution >= 4 is 5.91 Å². The van der Waals surface area contributed by atoms with Gasteiger partial charge in [0.1, 0.15) is 0 Å². The Bertz CT molecular complexity index is 339. The normalized spacial score (nSPS) is 14.0. The first kappa shape index (κ1) is 10.6. The van der Waals surface area contributed by atoms with Crippen molar-refractivity contribution in [3.05, 3.63) is 11.8 Å². The van der Waals surface area contributed by atoms with E-state index >= 15 is 0 Å². The summed E-state index contributed by atoms with van der Waals surface area (Å²) in [5.74, 6) is -0.726. The van der Waals surface area contributed by atoms with E-state index in [-0.39, 0.29) is 17.2 Å². The van der Waals surface area contributed by atoms with Gasteiger partial charge < -0.3 is 15.9 Å². The molecule has 0 saturated heterocycles.